The van der Waals surface area contributed by atoms with Crippen molar-refractivity contribution in [3.05, 3.63) is 17.0 Å². The first-order valence-corrected chi connectivity index (χ1v) is 7.46. The zero-order valence-electron chi connectivity index (χ0n) is 12.5. The van der Waals surface area contributed by atoms with Crippen LogP contribution in [0.15, 0.2) is 0 Å². The van der Waals surface area contributed by atoms with Gasteiger partial charge in [0.25, 0.3) is 0 Å². The Labute approximate surface area is 116 Å². The normalized spacial score (nSPS) is 15.8. The Hall–Kier alpha value is -1.16. The number of aryl methyl sites for hydroxylation is 2. The van der Waals surface area contributed by atoms with Gasteiger partial charge < -0.3 is 10.2 Å². The number of hydrogen-bond donors (Lipinski definition) is 1. The zero-order chi connectivity index (χ0) is 13.7. The quantitative estimate of drug-likeness (QED) is 0.826. The average molecular weight is 262 g/mol. The Morgan fingerprint density at radius 1 is 1.05 bits per heavy atom. The monoisotopic (exact) mass is 262 g/mol. The first kappa shape index (κ1) is 14.3. The van der Waals surface area contributed by atoms with Crippen LogP contribution in [0.1, 0.15) is 42.6 Å². The third kappa shape index (κ3) is 3.66. The van der Waals surface area contributed by atoms with Gasteiger partial charge in [-0.05, 0) is 65.1 Å². The van der Waals surface area contributed by atoms with Crippen molar-refractivity contribution < 1.29 is 0 Å². The molecule has 1 aromatic rings. The molecule has 4 heteroatoms. The third-order valence-corrected chi connectivity index (χ3v) is 3.90. The highest BCUT2D eigenvalue weighted by Crippen LogP contribution is 2.20. The first-order chi connectivity index (χ1) is 9.22. The highest BCUT2D eigenvalue weighted by atomic mass is 15.3. The number of piperidine rings is 1. The van der Waals surface area contributed by atoms with E-state index in [2.05, 4.69) is 24.1 Å². The molecule has 1 aliphatic rings. The van der Waals surface area contributed by atoms with Crippen LogP contribution in [-0.4, -0.2) is 36.6 Å². The molecule has 2 rings (SSSR count). The van der Waals surface area contributed by atoms with E-state index in [1.807, 2.05) is 7.05 Å². The van der Waals surface area contributed by atoms with Crippen molar-refractivity contribution in [3.8, 4) is 0 Å². The molecule has 0 radical (unpaired) electrons. The molecule has 19 heavy (non-hydrogen) atoms. The minimum absolute atomic E-state index is 0.937. The van der Waals surface area contributed by atoms with E-state index in [1.165, 1.54) is 24.8 Å². The Morgan fingerprint density at radius 3 is 2.26 bits per heavy atom. The summed E-state index contributed by atoms with van der Waals surface area (Å²) in [5.41, 5.74) is 3.64. The van der Waals surface area contributed by atoms with Gasteiger partial charge in [-0.3, -0.25) is 0 Å². The zero-order valence-corrected chi connectivity index (χ0v) is 12.5. The average Bonchev–Trinajstić information content (AvgIpc) is 2.43. The standard InChI is InChI=1S/C15H26N4/c1-12-14(8-7-9-16-3)13(2)18-15(17-12)19-10-5-4-6-11-19/h16H,4-11H2,1-3H3. The third-order valence-electron chi connectivity index (χ3n) is 3.90. The summed E-state index contributed by atoms with van der Waals surface area (Å²) >= 11 is 0. The predicted octanol–water partition coefficient (Wildman–Crippen LogP) is 2.24. The minimum Gasteiger partial charge on any atom is -0.341 e. The fourth-order valence-corrected chi connectivity index (χ4v) is 2.76. The summed E-state index contributed by atoms with van der Waals surface area (Å²) in [7, 11) is 2.00. The number of rotatable bonds is 5. The summed E-state index contributed by atoms with van der Waals surface area (Å²) in [4.78, 5) is 11.8. The topological polar surface area (TPSA) is 41.1 Å². The van der Waals surface area contributed by atoms with Crippen LogP contribution in [0.5, 0.6) is 0 Å². The summed E-state index contributed by atoms with van der Waals surface area (Å²) in [6.07, 6.45) is 6.09. The summed E-state index contributed by atoms with van der Waals surface area (Å²) in [5.74, 6) is 0.937. The van der Waals surface area contributed by atoms with Crippen LogP contribution in [0.3, 0.4) is 0 Å². The summed E-state index contributed by atoms with van der Waals surface area (Å²) in [5, 5.41) is 3.19. The molecule has 0 atom stereocenters. The van der Waals surface area contributed by atoms with Crippen molar-refractivity contribution in [1.29, 1.82) is 0 Å². The molecule has 4 nitrogen and oxygen atoms in total. The Kier molecular flexibility index (Phi) is 5.14. The summed E-state index contributed by atoms with van der Waals surface area (Å²) in [6, 6.07) is 0. The Balaban J connectivity index is 2.11. The summed E-state index contributed by atoms with van der Waals surface area (Å²) < 4.78 is 0. The molecular weight excluding hydrogens is 236 g/mol. The molecule has 2 heterocycles. The predicted molar refractivity (Wildman–Crippen MR) is 79.8 cm³/mol. The van der Waals surface area contributed by atoms with E-state index in [0.717, 1.165) is 49.8 Å². The number of nitrogens with zero attached hydrogens (tertiary/aromatic N) is 3. The van der Waals surface area contributed by atoms with Crippen molar-refractivity contribution >= 4 is 5.95 Å². The van der Waals surface area contributed by atoms with E-state index in [1.54, 1.807) is 0 Å². The first-order valence-electron chi connectivity index (χ1n) is 7.46. The van der Waals surface area contributed by atoms with Crippen molar-refractivity contribution in [2.24, 2.45) is 0 Å². The lowest BCUT2D eigenvalue weighted by atomic mass is 10.1. The van der Waals surface area contributed by atoms with E-state index < -0.39 is 0 Å². The van der Waals surface area contributed by atoms with Gasteiger partial charge in [-0.2, -0.15) is 0 Å². The molecule has 0 amide bonds. The second kappa shape index (κ2) is 6.85. The highest BCUT2D eigenvalue weighted by Gasteiger charge is 2.16. The van der Waals surface area contributed by atoms with Gasteiger partial charge in [0, 0.05) is 24.5 Å². The maximum atomic E-state index is 4.73. The van der Waals surface area contributed by atoms with Crippen LogP contribution >= 0.6 is 0 Å². The van der Waals surface area contributed by atoms with Crippen molar-refractivity contribution in [2.45, 2.75) is 46.0 Å². The van der Waals surface area contributed by atoms with Crippen LogP contribution in [0, 0.1) is 13.8 Å². The van der Waals surface area contributed by atoms with E-state index in [9.17, 15) is 0 Å². The number of anilines is 1. The number of hydrogen-bond acceptors (Lipinski definition) is 4. The lowest BCUT2D eigenvalue weighted by molar-refractivity contribution is 0.566. The van der Waals surface area contributed by atoms with E-state index in [4.69, 9.17) is 9.97 Å². The largest absolute Gasteiger partial charge is 0.341 e. The molecule has 0 saturated carbocycles. The molecule has 0 aliphatic carbocycles. The van der Waals surface area contributed by atoms with Crippen LogP contribution < -0.4 is 10.2 Å². The van der Waals surface area contributed by atoms with Gasteiger partial charge in [0.05, 0.1) is 0 Å². The maximum Gasteiger partial charge on any atom is 0.225 e. The van der Waals surface area contributed by atoms with Crippen molar-refractivity contribution in [1.82, 2.24) is 15.3 Å². The molecular formula is C15H26N4. The molecule has 0 bridgehead atoms. The fourth-order valence-electron chi connectivity index (χ4n) is 2.76. The van der Waals surface area contributed by atoms with E-state index in [-0.39, 0.29) is 0 Å². The molecule has 0 spiro atoms. The smallest absolute Gasteiger partial charge is 0.225 e. The Bertz CT molecular complexity index is 388. The van der Waals surface area contributed by atoms with E-state index in [0.29, 0.717) is 0 Å². The molecule has 0 unspecified atom stereocenters. The van der Waals surface area contributed by atoms with Crippen molar-refractivity contribution in [2.75, 3.05) is 31.6 Å². The minimum atomic E-state index is 0.937. The summed E-state index contributed by atoms with van der Waals surface area (Å²) in [6.45, 7) is 7.51. The number of nitrogens with one attached hydrogen (secondary N) is 1. The van der Waals surface area contributed by atoms with Gasteiger partial charge >= 0.3 is 0 Å². The van der Waals surface area contributed by atoms with E-state index >= 15 is 0 Å². The van der Waals surface area contributed by atoms with Crippen LogP contribution in [0.25, 0.3) is 0 Å². The van der Waals surface area contributed by atoms with Crippen LogP contribution in [0.4, 0.5) is 5.95 Å². The molecule has 0 aromatic carbocycles. The van der Waals surface area contributed by atoms with Gasteiger partial charge in [0.15, 0.2) is 0 Å². The van der Waals surface area contributed by atoms with Crippen molar-refractivity contribution in [3.63, 3.8) is 0 Å². The van der Waals surface area contributed by atoms with Gasteiger partial charge in [0.2, 0.25) is 5.95 Å². The van der Waals surface area contributed by atoms with Gasteiger partial charge in [-0.1, -0.05) is 0 Å². The van der Waals surface area contributed by atoms with Crippen LogP contribution in [0.2, 0.25) is 0 Å². The molecule has 1 saturated heterocycles. The molecule has 1 N–H and O–H groups in total. The van der Waals surface area contributed by atoms with Gasteiger partial charge in [-0.25, -0.2) is 9.97 Å². The second-order valence-corrected chi connectivity index (χ2v) is 5.43. The fraction of sp³-hybridized carbons (Fsp3) is 0.733. The molecule has 1 fully saturated rings. The Morgan fingerprint density at radius 2 is 1.68 bits per heavy atom. The second-order valence-electron chi connectivity index (χ2n) is 5.43. The highest BCUT2D eigenvalue weighted by molar-refractivity contribution is 5.37. The van der Waals surface area contributed by atoms with Crippen LogP contribution in [-0.2, 0) is 6.42 Å². The SMILES string of the molecule is CNCCCc1c(C)nc(N2CCCCC2)nc1C. The molecule has 1 aromatic heterocycles. The van der Waals surface area contributed by atoms with Gasteiger partial charge in [-0.15, -0.1) is 0 Å². The molecule has 1 aliphatic heterocycles. The molecule has 106 valence electrons. The van der Waals surface area contributed by atoms with Gasteiger partial charge in [0.1, 0.15) is 0 Å². The lowest BCUT2D eigenvalue weighted by Gasteiger charge is -2.27. The lowest BCUT2D eigenvalue weighted by Crippen LogP contribution is -2.31. The maximum absolute atomic E-state index is 4.73. The number of aromatic nitrogens is 2.